The maximum atomic E-state index is 11.6. The molecule has 0 aromatic heterocycles. The topological polar surface area (TPSA) is 74.6 Å². The SMILES string of the molecule is Cc1cc(C)c(C(=O)O)c(C)c1CCc1c(C)cc(C)c(C(=O)O)c1C. The molecule has 138 valence electrons. The summed E-state index contributed by atoms with van der Waals surface area (Å²) in [6.07, 6.45) is 1.37. The molecule has 0 spiro atoms. The predicted molar refractivity (Wildman–Crippen MR) is 103 cm³/mol. The molecule has 4 heteroatoms. The minimum Gasteiger partial charge on any atom is -0.478 e. The number of rotatable bonds is 5. The summed E-state index contributed by atoms with van der Waals surface area (Å²) in [5, 5.41) is 19.0. The van der Waals surface area contributed by atoms with Crippen LogP contribution in [-0.2, 0) is 12.8 Å². The second kappa shape index (κ2) is 7.32. The van der Waals surface area contributed by atoms with Gasteiger partial charge in [0.15, 0.2) is 0 Å². The third-order valence-corrected chi connectivity index (χ3v) is 5.31. The van der Waals surface area contributed by atoms with E-state index in [-0.39, 0.29) is 0 Å². The molecule has 0 aliphatic carbocycles. The van der Waals surface area contributed by atoms with Crippen molar-refractivity contribution in [2.24, 2.45) is 0 Å². The fourth-order valence-corrected chi connectivity index (χ4v) is 4.13. The molecule has 2 aromatic carbocycles. The van der Waals surface area contributed by atoms with Gasteiger partial charge in [0.1, 0.15) is 0 Å². The number of aryl methyl sites for hydroxylation is 4. The Morgan fingerprint density at radius 1 is 0.654 bits per heavy atom. The molecule has 0 aliphatic heterocycles. The van der Waals surface area contributed by atoms with Gasteiger partial charge < -0.3 is 10.2 Å². The molecule has 0 heterocycles. The van der Waals surface area contributed by atoms with Crippen molar-refractivity contribution >= 4 is 11.9 Å². The minimum atomic E-state index is -0.905. The van der Waals surface area contributed by atoms with Crippen molar-refractivity contribution in [3.05, 3.63) is 67.8 Å². The average Bonchev–Trinajstić information content (AvgIpc) is 2.47. The zero-order chi connectivity index (χ0) is 19.8. The van der Waals surface area contributed by atoms with E-state index in [1.165, 1.54) is 0 Å². The standard InChI is InChI=1S/C22H26O4/c1-11-9-13(3)19(21(23)24)15(5)17(11)7-8-18-12(2)10-14(4)20(16(18)6)22(25)26/h9-10H,7-8H2,1-6H3,(H,23,24)(H,25,26). The van der Waals surface area contributed by atoms with Crippen LogP contribution in [-0.4, -0.2) is 22.2 Å². The molecule has 0 bridgehead atoms. The van der Waals surface area contributed by atoms with Crippen LogP contribution in [0.1, 0.15) is 65.2 Å². The number of benzene rings is 2. The van der Waals surface area contributed by atoms with E-state index in [1.54, 1.807) is 0 Å². The molecule has 26 heavy (non-hydrogen) atoms. The van der Waals surface area contributed by atoms with Crippen LogP contribution in [0.2, 0.25) is 0 Å². The highest BCUT2D eigenvalue weighted by molar-refractivity contribution is 5.92. The van der Waals surface area contributed by atoms with Crippen molar-refractivity contribution in [3.8, 4) is 0 Å². The molecule has 0 fully saturated rings. The van der Waals surface area contributed by atoms with Crippen LogP contribution in [0.15, 0.2) is 12.1 Å². The van der Waals surface area contributed by atoms with Crippen molar-refractivity contribution in [3.63, 3.8) is 0 Å². The Hall–Kier alpha value is -2.62. The van der Waals surface area contributed by atoms with Gasteiger partial charge >= 0.3 is 11.9 Å². The van der Waals surface area contributed by atoms with Gasteiger partial charge in [0.05, 0.1) is 11.1 Å². The van der Waals surface area contributed by atoms with Crippen LogP contribution in [0.25, 0.3) is 0 Å². The number of aromatic carboxylic acids is 2. The van der Waals surface area contributed by atoms with Gasteiger partial charge in [-0.15, -0.1) is 0 Å². The molecule has 0 saturated carbocycles. The second-order valence-corrected chi connectivity index (χ2v) is 7.09. The summed E-state index contributed by atoms with van der Waals surface area (Å²) in [6.45, 7) is 11.4. The van der Waals surface area contributed by atoms with Crippen molar-refractivity contribution in [1.82, 2.24) is 0 Å². The van der Waals surface area contributed by atoms with Crippen molar-refractivity contribution in [1.29, 1.82) is 0 Å². The molecule has 0 saturated heterocycles. The van der Waals surface area contributed by atoms with Gasteiger partial charge in [-0.25, -0.2) is 9.59 Å². The Morgan fingerprint density at radius 2 is 0.962 bits per heavy atom. The van der Waals surface area contributed by atoms with Crippen LogP contribution in [0.3, 0.4) is 0 Å². The van der Waals surface area contributed by atoms with Crippen LogP contribution in [0, 0.1) is 41.5 Å². The summed E-state index contributed by atoms with van der Waals surface area (Å²) in [7, 11) is 0. The highest BCUT2D eigenvalue weighted by atomic mass is 16.4. The van der Waals surface area contributed by atoms with Crippen LogP contribution in [0.4, 0.5) is 0 Å². The van der Waals surface area contributed by atoms with Crippen molar-refractivity contribution in [2.75, 3.05) is 0 Å². The lowest BCUT2D eigenvalue weighted by Crippen LogP contribution is -2.11. The Balaban J connectivity index is 2.48. The summed E-state index contributed by atoms with van der Waals surface area (Å²) in [4.78, 5) is 23.2. The van der Waals surface area contributed by atoms with Gasteiger partial charge in [-0.2, -0.15) is 0 Å². The lowest BCUT2D eigenvalue weighted by atomic mass is 9.86. The molecular formula is C22H26O4. The van der Waals surface area contributed by atoms with Crippen LogP contribution < -0.4 is 0 Å². The van der Waals surface area contributed by atoms with E-state index < -0.39 is 11.9 Å². The second-order valence-electron chi connectivity index (χ2n) is 7.09. The maximum absolute atomic E-state index is 11.6. The first-order valence-electron chi connectivity index (χ1n) is 8.72. The molecule has 2 aromatic rings. The summed E-state index contributed by atoms with van der Waals surface area (Å²) in [5.74, 6) is -1.81. The van der Waals surface area contributed by atoms with Gasteiger partial charge in [0.2, 0.25) is 0 Å². The van der Waals surface area contributed by atoms with E-state index in [4.69, 9.17) is 0 Å². The average molecular weight is 354 g/mol. The lowest BCUT2D eigenvalue weighted by Gasteiger charge is -2.18. The van der Waals surface area contributed by atoms with E-state index in [9.17, 15) is 19.8 Å². The van der Waals surface area contributed by atoms with Crippen molar-refractivity contribution < 1.29 is 19.8 Å². The number of carbonyl (C=O) groups is 2. The zero-order valence-electron chi connectivity index (χ0n) is 16.3. The Morgan fingerprint density at radius 3 is 1.23 bits per heavy atom. The molecule has 2 N–H and O–H groups in total. The van der Waals surface area contributed by atoms with Gasteiger partial charge in [0, 0.05) is 0 Å². The van der Waals surface area contributed by atoms with Crippen LogP contribution >= 0.6 is 0 Å². The number of hydrogen-bond acceptors (Lipinski definition) is 2. The molecular weight excluding hydrogens is 328 g/mol. The highest BCUT2D eigenvalue weighted by Crippen LogP contribution is 2.27. The Kier molecular flexibility index (Phi) is 5.55. The first-order valence-corrected chi connectivity index (χ1v) is 8.72. The summed E-state index contributed by atoms with van der Waals surface area (Å²) >= 11 is 0. The number of carboxylic acids is 2. The van der Waals surface area contributed by atoms with Crippen LogP contribution in [0.5, 0.6) is 0 Å². The molecule has 0 aliphatic rings. The first kappa shape index (κ1) is 19.7. The number of hydrogen-bond donors (Lipinski definition) is 2. The summed E-state index contributed by atoms with van der Waals surface area (Å²) < 4.78 is 0. The highest BCUT2D eigenvalue weighted by Gasteiger charge is 2.19. The van der Waals surface area contributed by atoms with Gasteiger partial charge in [-0.3, -0.25) is 0 Å². The smallest absolute Gasteiger partial charge is 0.336 e. The van der Waals surface area contributed by atoms with Gasteiger partial charge in [0.25, 0.3) is 0 Å². The fraction of sp³-hybridized carbons (Fsp3) is 0.364. The molecule has 0 atom stereocenters. The van der Waals surface area contributed by atoms with E-state index in [0.29, 0.717) is 24.0 Å². The minimum absolute atomic E-state index is 0.370. The van der Waals surface area contributed by atoms with E-state index in [0.717, 1.165) is 44.5 Å². The summed E-state index contributed by atoms with van der Waals surface area (Å²) in [5.41, 5.74) is 8.10. The Labute approximate surface area is 154 Å². The normalized spacial score (nSPS) is 10.8. The fourth-order valence-electron chi connectivity index (χ4n) is 4.13. The largest absolute Gasteiger partial charge is 0.478 e. The van der Waals surface area contributed by atoms with E-state index in [1.807, 2.05) is 53.7 Å². The summed E-state index contributed by atoms with van der Waals surface area (Å²) in [6, 6.07) is 3.84. The first-order chi connectivity index (χ1) is 12.1. The lowest BCUT2D eigenvalue weighted by molar-refractivity contribution is 0.0684. The maximum Gasteiger partial charge on any atom is 0.336 e. The molecule has 2 rings (SSSR count). The molecule has 0 unspecified atom stereocenters. The van der Waals surface area contributed by atoms with Gasteiger partial charge in [-0.05, 0) is 98.9 Å². The Bertz CT molecular complexity index is 832. The van der Waals surface area contributed by atoms with Gasteiger partial charge in [-0.1, -0.05) is 12.1 Å². The zero-order valence-corrected chi connectivity index (χ0v) is 16.3. The quantitative estimate of drug-likeness (QED) is 0.815. The third kappa shape index (κ3) is 3.50. The molecule has 0 radical (unpaired) electrons. The predicted octanol–water partition coefficient (Wildman–Crippen LogP) is 4.72. The number of carboxylic acid groups (broad SMARTS) is 2. The molecule has 0 amide bonds. The third-order valence-electron chi connectivity index (χ3n) is 5.31. The van der Waals surface area contributed by atoms with E-state index in [2.05, 4.69) is 0 Å². The monoisotopic (exact) mass is 354 g/mol. The van der Waals surface area contributed by atoms with Crippen molar-refractivity contribution in [2.45, 2.75) is 54.4 Å². The van der Waals surface area contributed by atoms with E-state index >= 15 is 0 Å². The molecule has 4 nitrogen and oxygen atoms in total.